The van der Waals surface area contributed by atoms with Crippen molar-refractivity contribution in [2.24, 2.45) is 0 Å². The molecular formula is C20H20N6O2S. The fraction of sp³-hybridized carbons (Fsp3) is 0.350. The minimum absolute atomic E-state index is 0.0404. The van der Waals surface area contributed by atoms with Gasteiger partial charge in [-0.2, -0.15) is 9.57 Å². The van der Waals surface area contributed by atoms with E-state index in [1.54, 1.807) is 34.9 Å². The van der Waals surface area contributed by atoms with E-state index < -0.39 is 10.0 Å². The second-order valence-electron chi connectivity index (χ2n) is 7.62. The number of H-pyrrole nitrogens is 1. The summed E-state index contributed by atoms with van der Waals surface area (Å²) < 4.78 is 28.1. The van der Waals surface area contributed by atoms with Gasteiger partial charge in [0, 0.05) is 31.4 Å². The third-order valence-electron chi connectivity index (χ3n) is 5.80. The predicted octanol–water partition coefficient (Wildman–Crippen LogP) is 2.01. The van der Waals surface area contributed by atoms with Gasteiger partial charge in [0.25, 0.3) is 0 Å². The lowest BCUT2D eigenvalue weighted by Gasteiger charge is -2.40. The molecule has 148 valence electrons. The van der Waals surface area contributed by atoms with Gasteiger partial charge in [0.1, 0.15) is 17.8 Å². The van der Waals surface area contributed by atoms with E-state index in [9.17, 15) is 8.42 Å². The van der Waals surface area contributed by atoms with Crippen LogP contribution in [-0.2, 0) is 15.8 Å². The van der Waals surface area contributed by atoms with Gasteiger partial charge in [-0.3, -0.25) is 0 Å². The maximum atomic E-state index is 13.2. The SMILES string of the molecule is N#Cc1ccc(CS(=O)(=O)N2[C@@H]3CC[C@H]2CN(c2ncnc4[nH]ccc24)C3)cc1. The number of anilines is 1. The standard InChI is InChI=1S/C20H20N6O2S/c21-9-14-1-3-15(4-2-14)12-29(27,28)26-16-5-6-17(26)11-25(10-16)20-18-7-8-22-19(18)23-13-24-20/h1-4,7-8,13,16-17H,5-6,10-12H2,(H,22,23,24)/t16-,17+. The quantitative estimate of drug-likeness (QED) is 0.708. The van der Waals surface area contributed by atoms with Crippen molar-refractivity contribution in [3.8, 4) is 6.07 Å². The fourth-order valence-corrected chi connectivity index (χ4v) is 6.58. The van der Waals surface area contributed by atoms with Crippen LogP contribution in [0.2, 0.25) is 0 Å². The zero-order valence-corrected chi connectivity index (χ0v) is 16.5. The average molecular weight is 408 g/mol. The second kappa shape index (κ2) is 6.83. The Labute approximate surface area is 168 Å². The minimum atomic E-state index is -3.44. The van der Waals surface area contributed by atoms with Crippen LogP contribution >= 0.6 is 0 Å². The van der Waals surface area contributed by atoms with Gasteiger partial charge in [0.2, 0.25) is 10.0 Å². The summed E-state index contributed by atoms with van der Waals surface area (Å²) in [5.74, 6) is 0.818. The summed E-state index contributed by atoms with van der Waals surface area (Å²) in [5.41, 5.74) is 2.02. The van der Waals surface area contributed by atoms with Crippen LogP contribution < -0.4 is 4.90 Å². The number of sulfonamides is 1. The fourth-order valence-electron chi connectivity index (χ4n) is 4.56. The van der Waals surface area contributed by atoms with E-state index in [4.69, 9.17) is 5.26 Å². The average Bonchev–Trinajstić information content (AvgIpc) is 3.31. The monoisotopic (exact) mass is 408 g/mol. The molecule has 0 saturated carbocycles. The number of benzene rings is 1. The minimum Gasteiger partial charge on any atom is -0.353 e. The molecule has 3 aromatic rings. The molecule has 2 fully saturated rings. The molecule has 1 N–H and O–H groups in total. The summed E-state index contributed by atoms with van der Waals surface area (Å²) in [6.07, 6.45) is 5.10. The number of hydrogen-bond donors (Lipinski definition) is 1. The van der Waals surface area contributed by atoms with Crippen LogP contribution in [-0.4, -0.2) is 52.8 Å². The summed E-state index contributed by atoms with van der Waals surface area (Å²) in [4.78, 5) is 14.0. The first-order valence-corrected chi connectivity index (χ1v) is 11.2. The number of rotatable bonds is 4. The Morgan fingerprint density at radius 3 is 2.52 bits per heavy atom. The highest BCUT2D eigenvalue weighted by molar-refractivity contribution is 7.88. The van der Waals surface area contributed by atoms with Crippen LogP contribution in [0, 0.1) is 11.3 Å². The Balaban J connectivity index is 1.38. The van der Waals surface area contributed by atoms with Gasteiger partial charge >= 0.3 is 0 Å². The highest BCUT2D eigenvalue weighted by Gasteiger charge is 2.46. The molecule has 2 aromatic heterocycles. The summed E-state index contributed by atoms with van der Waals surface area (Å²) in [6, 6.07) is 10.7. The Morgan fingerprint density at radius 2 is 1.83 bits per heavy atom. The Hall–Kier alpha value is -2.96. The lowest BCUT2D eigenvalue weighted by Crippen LogP contribution is -2.56. The number of piperazine rings is 1. The largest absolute Gasteiger partial charge is 0.353 e. The molecule has 0 amide bonds. The van der Waals surface area contributed by atoms with Crippen molar-refractivity contribution in [1.29, 1.82) is 5.26 Å². The van der Waals surface area contributed by atoms with Crippen molar-refractivity contribution in [2.75, 3.05) is 18.0 Å². The molecule has 0 unspecified atom stereocenters. The molecule has 4 heterocycles. The molecule has 29 heavy (non-hydrogen) atoms. The first-order chi connectivity index (χ1) is 14.0. The van der Waals surface area contributed by atoms with Crippen LogP contribution in [0.4, 0.5) is 5.82 Å². The van der Waals surface area contributed by atoms with E-state index in [2.05, 4.69) is 25.9 Å². The van der Waals surface area contributed by atoms with Crippen LogP contribution in [0.5, 0.6) is 0 Å². The maximum absolute atomic E-state index is 13.2. The lowest BCUT2D eigenvalue weighted by molar-refractivity contribution is 0.285. The van der Waals surface area contributed by atoms with Crippen molar-refractivity contribution < 1.29 is 8.42 Å². The van der Waals surface area contributed by atoms with Crippen molar-refractivity contribution in [1.82, 2.24) is 19.3 Å². The highest BCUT2D eigenvalue weighted by Crippen LogP contribution is 2.36. The Bertz CT molecular complexity index is 1180. The van der Waals surface area contributed by atoms with Gasteiger partial charge in [0.05, 0.1) is 22.8 Å². The topological polar surface area (TPSA) is 106 Å². The number of nitrogens with one attached hydrogen (secondary N) is 1. The van der Waals surface area contributed by atoms with Crippen molar-refractivity contribution in [2.45, 2.75) is 30.7 Å². The zero-order valence-electron chi connectivity index (χ0n) is 15.7. The molecule has 2 atom stereocenters. The smallest absolute Gasteiger partial charge is 0.218 e. The van der Waals surface area contributed by atoms with E-state index in [-0.39, 0.29) is 17.8 Å². The van der Waals surface area contributed by atoms with Crippen molar-refractivity contribution >= 4 is 26.9 Å². The van der Waals surface area contributed by atoms with Crippen LogP contribution in [0.15, 0.2) is 42.9 Å². The summed E-state index contributed by atoms with van der Waals surface area (Å²) in [6.45, 7) is 1.25. The first kappa shape index (κ1) is 18.1. The molecule has 0 radical (unpaired) electrons. The molecule has 1 aromatic carbocycles. The van der Waals surface area contributed by atoms with E-state index in [1.807, 2.05) is 12.3 Å². The number of nitriles is 1. The van der Waals surface area contributed by atoms with Crippen LogP contribution in [0.25, 0.3) is 11.0 Å². The lowest BCUT2D eigenvalue weighted by atomic mass is 10.2. The van der Waals surface area contributed by atoms with Gasteiger partial charge < -0.3 is 9.88 Å². The highest BCUT2D eigenvalue weighted by atomic mass is 32.2. The maximum Gasteiger partial charge on any atom is 0.218 e. The van der Waals surface area contributed by atoms with Crippen LogP contribution in [0.3, 0.4) is 0 Å². The van der Waals surface area contributed by atoms with E-state index in [1.165, 1.54) is 0 Å². The van der Waals surface area contributed by atoms with Crippen molar-refractivity contribution in [3.05, 3.63) is 54.0 Å². The van der Waals surface area contributed by atoms with Crippen molar-refractivity contribution in [3.63, 3.8) is 0 Å². The number of aromatic amines is 1. The van der Waals surface area contributed by atoms with Gasteiger partial charge in [-0.15, -0.1) is 0 Å². The summed E-state index contributed by atoms with van der Waals surface area (Å²) in [7, 11) is -3.44. The van der Waals surface area contributed by atoms with E-state index in [0.29, 0.717) is 24.2 Å². The number of fused-ring (bicyclic) bond motifs is 3. The van der Waals surface area contributed by atoms with Gasteiger partial charge in [-0.05, 0) is 36.6 Å². The molecule has 2 bridgehead atoms. The zero-order chi connectivity index (χ0) is 20.0. The molecule has 5 rings (SSSR count). The molecule has 0 aliphatic carbocycles. The number of nitrogens with zero attached hydrogens (tertiary/aromatic N) is 5. The molecule has 0 spiro atoms. The number of hydrogen-bond acceptors (Lipinski definition) is 6. The van der Waals surface area contributed by atoms with Gasteiger partial charge in [0.15, 0.2) is 0 Å². The van der Waals surface area contributed by atoms with E-state index in [0.717, 1.165) is 29.7 Å². The second-order valence-corrected chi connectivity index (χ2v) is 9.50. The summed E-state index contributed by atoms with van der Waals surface area (Å²) >= 11 is 0. The predicted molar refractivity (Wildman–Crippen MR) is 109 cm³/mol. The Morgan fingerprint density at radius 1 is 1.10 bits per heavy atom. The molecule has 8 nitrogen and oxygen atoms in total. The third-order valence-corrected chi connectivity index (χ3v) is 7.74. The van der Waals surface area contributed by atoms with Gasteiger partial charge in [-0.1, -0.05) is 12.1 Å². The van der Waals surface area contributed by atoms with E-state index >= 15 is 0 Å². The van der Waals surface area contributed by atoms with Gasteiger partial charge in [-0.25, -0.2) is 18.4 Å². The Kier molecular flexibility index (Phi) is 4.26. The molecular weight excluding hydrogens is 388 g/mol. The first-order valence-electron chi connectivity index (χ1n) is 9.58. The normalized spacial score (nSPS) is 22.1. The molecule has 2 saturated heterocycles. The molecule has 2 aliphatic heterocycles. The molecule has 2 aliphatic rings. The summed E-state index contributed by atoms with van der Waals surface area (Å²) in [5, 5.41) is 9.88. The third kappa shape index (κ3) is 3.14. The number of aromatic nitrogens is 3. The van der Waals surface area contributed by atoms with Crippen LogP contribution in [0.1, 0.15) is 24.0 Å². The molecule has 9 heteroatoms.